The van der Waals surface area contributed by atoms with E-state index < -0.39 is 18.5 Å². The molecule has 1 saturated heterocycles. The number of nitrogens with one attached hydrogen (secondary N) is 1. The molecule has 2 rings (SSSR count). The van der Waals surface area contributed by atoms with Gasteiger partial charge < -0.3 is 10.4 Å². The van der Waals surface area contributed by atoms with Crippen LogP contribution in [-0.4, -0.2) is 42.9 Å². The van der Waals surface area contributed by atoms with Crippen molar-refractivity contribution in [3.05, 3.63) is 29.1 Å². The van der Waals surface area contributed by atoms with Crippen LogP contribution in [0.2, 0.25) is 0 Å². The second-order valence-electron chi connectivity index (χ2n) is 4.62. The van der Waals surface area contributed by atoms with Gasteiger partial charge in [-0.2, -0.15) is 0 Å². The first-order chi connectivity index (χ1) is 8.63. The number of hydrogen-bond donors (Lipinski definition) is 2. The summed E-state index contributed by atoms with van der Waals surface area (Å²) in [5.41, 5.74) is 0.787. The zero-order chi connectivity index (χ0) is 13.1. The largest absolute Gasteiger partial charge is 0.507 e. The van der Waals surface area contributed by atoms with Gasteiger partial charge in [0.2, 0.25) is 0 Å². The first-order valence-corrected chi connectivity index (χ1v) is 6.13. The molecule has 0 saturated carbocycles. The lowest BCUT2D eigenvalue weighted by atomic mass is 10.0. The van der Waals surface area contributed by atoms with Crippen LogP contribution in [0.3, 0.4) is 0 Å². The van der Waals surface area contributed by atoms with Crippen molar-refractivity contribution < 1.29 is 13.9 Å². The molecule has 0 aliphatic carbocycles. The van der Waals surface area contributed by atoms with Gasteiger partial charge in [0, 0.05) is 31.7 Å². The standard InChI is InChI=1S/C13H18F2N2O.ClH/c1-9-6-10(15)7-11(13(9)18)12(8-14)17-4-2-16-3-5-17;/h6-7,12,16,18H,2-5,8H2,1H3;1H/t12-;/m0./s1. The summed E-state index contributed by atoms with van der Waals surface area (Å²) in [5, 5.41) is 13.2. The summed E-state index contributed by atoms with van der Waals surface area (Å²) in [5.74, 6) is -0.438. The van der Waals surface area contributed by atoms with E-state index in [4.69, 9.17) is 0 Å². The van der Waals surface area contributed by atoms with Crippen molar-refractivity contribution in [2.75, 3.05) is 32.9 Å². The van der Waals surface area contributed by atoms with Gasteiger partial charge in [0.25, 0.3) is 0 Å². The maximum absolute atomic E-state index is 13.4. The summed E-state index contributed by atoms with van der Waals surface area (Å²) >= 11 is 0. The van der Waals surface area contributed by atoms with Gasteiger partial charge in [-0.15, -0.1) is 12.4 Å². The molecule has 0 amide bonds. The summed E-state index contributed by atoms with van der Waals surface area (Å²) in [4.78, 5) is 1.93. The molecule has 0 aromatic heterocycles. The average Bonchev–Trinajstić information content (AvgIpc) is 2.37. The van der Waals surface area contributed by atoms with E-state index in [2.05, 4.69) is 5.32 Å². The molecule has 2 N–H and O–H groups in total. The van der Waals surface area contributed by atoms with Crippen molar-refractivity contribution in [3.63, 3.8) is 0 Å². The number of aryl methyl sites for hydroxylation is 1. The van der Waals surface area contributed by atoms with Crippen LogP contribution in [0.4, 0.5) is 8.78 Å². The van der Waals surface area contributed by atoms with Gasteiger partial charge >= 0.3 is 0 Å². The summed E-state index contributed by atoms with van der Waals surface area (Å²) in [6, 6.07) is 1.92. The summed E-state index contributed by atoms with van der Waals surface area (Å²) in [6.45, 7) is 3.95. The number of aromatic hydroxyl groups is 1. The first kappa shape index (κ1) is 16.1. The number of phenols is 1. The van der Waals surface area contributed by atoms with Crippen molar-refractivity contribution in [3.8, 4) is 5.75 Å². The average molecular weight is 293 g/mol. The molecule has 1 atom stereocenters. The Morgan fingerprint density at radius 3 is 2.58 bits per heavy atom. The van der Waals surface area contributed by atoms with Crippen LogP contribution in [0.15, 0.2) is 12.1 Å². The third-order valence-corrected chi connectivity index (χ3v) is 3.39. The molecule has 0 spiro atoms. The van der Waals surface area contributed by atoms with Gasteiger partial charge in [0.1, 0.15) is 18.2 Å². The van der Waals surface area contributed by atoms with E-state index in [0.29, 0.717) is 24.2 Å². The minimum atomic E-state index is -0.629. The molecule has 1 heterocycles. The van der Waals surface area contributed by atoms with Gasteiger partial charge in [0.05, 0.1) is 6.04 Å². The molecule has 108 valence electrons. The Morgan fingerprint density at radius 1 is 1.37 bits per heavy atom. The van der Waals surface area contributed by atoms with Crippen LogP contribution < -0.4 is 5.32 Å². The molecule has 1 aliphatic heterocycles. The lowest BCUT2D eigenvalue weighted by molar-refractivity contribution is 0.145. The van der Waals surface area contributed by atoms with E-state index in [1.807, 2.05) is 4.90 Å². The van der Waals surface area contributed by atoms with Crippen molar-refractivity contribution in [1.82, 2.24) is 10.2 Å². The SMILES string of the molecule is Cc1cc(F)cc([C@H](CF)N2CCNCC2)c1O.Cl. The van der Waals surface area contributed by atoms with Crippen molar-refractivity contribution in [1.29, 1.82) is 0 Å². The van der Waals surface area contributed by atoms with Gasteiger partial charge in [-0.05, 0) is 24.6 Å². The number of phenolic OH excluding ortho intramolecular Hbond substituents is 1. The molecule has 0 bridgehead atoms. The zero-order valence-electron chi connectivity index (χ0n) is 10.8. The molecule has 1 aromatic carbocycles. The Morgan fingerprint density at radius 2 is 2.00 bits per heavy atom. The molecular weight excluding hydrogens is 274 g/mol. The molecule has 6 heteroatoms. The highest BCUT2D eigenvalue weighted by molar-refractivity contribution is 5.85. The van der Waals surface area contributed by atoms with Gasteiger partial charge in [-0.3, -0.25) is 4.90 Å². The fourth-order valence-electron chi connectivity index (χ4n) is 2.39. The van der Waals surface area contributed by atoms with E-state index in [0.717, 1.165) is 13.1 Å². The minimum absolute atomic E-state index is 0. The topological polar surface area (TPSA) is 35.5 Å². The normalized spacial score (nSPS) is 17.8. The van der Waals surface area contributed by atoms with Crippen molar-refractivity contribution in [2.24, 2.45) is 0 Å². The monoisotopic (exact) mass is 292 g/mol. The van der Waals surface area contributed by atoms with Gasteiger partial charge in [-0.25, -0.2) is 8.78 Å². The summed E-state index contributed by atoms with van der Waals surface area (Å²) in [6.07, 6.45) is 0. The molecule has 0 radical (unpaired) electrons. The van der Waals surface area contributed by atoms with E-state index in [-0.39, 0.29) is 18.2 Å². The number of hydrogen-bond acceptors (Lipinski definition) is 3. The smallest absolute Gasteiger partial charge is 0.124 e. The fraction of sp³-hybridized carbons (Fsp3) is 0.538. The lowest BCUT2D eigenvalue weighted by Gasteiger charge is -2.34. The van der Waals surface area contributed by atoms with Crippen LogP contribution in [0, 0.1) is 12.7 Å². The predicted octanol–water partition coefficient (Wildman–Crippen LogP) is 2.18. The molecule has 19 heavy (non-hydrogen) atoms. The first-order valence-electron chi connectivity index (χ1n) is 6.13. The Bertz CT molecular complexity index is 425. The molecular formula is C13H19ClF2N2O. The van der Waals surface area contributed by atoms with Crippen molar-refractivity contribution in [2.45, 2.75) is 13.0 Å². The van der Waals surface area contributed by atoms with Crippen LogP contribution in [0.25, 0.3) is 0 Å². The Balaban J connectivity index is 0.00000180. The van der Waals surface area contributed by atoms with Crippen LogP contribution in [0.1, 0.15) is 17.2 Å². The molecule has 3 nitrogen and oxygen atoms in total. The Labute approximate surface area is 118 Å². The highest BCUT2D eigenvalue weighted by Crippen LogP contribution is 2.32. The molecule has 0 unspecified atom stereocenters. The quantitative estimate of drug-likeness (QED) is 0.896. The molecule has 1 aromatic rings. The van der Waals surface area contributed by atoms with E-state index in [1.54, 1.807) is 6.92 Å². The minimum Gasteiger partial charge on any atom is -0.507 e. The maximum atomic E-state index is 13.4. The van der Waals surface area contributed by atoms with E-state index in [1.165, 1.54) is 12.1 Å². The Hall–Kier alpha value is -0.910. The number of rotatable bonds is 3. The number of benzene rings is 1. The number of piperazine rings is 1. The Kier molecular flexibility index (Phi) is 5.97. The molecule has 1 fully saturated rings. The maximum Gasteiger partial charge on any atom is 0.124 e. The van der Waals surface area contributed by atoms with E-state index >= 15 is 0 Å². The fourth-order valence-corrected chi connectivity index (χ4v) is 2.39. The van der Waals surface area contributed by atoms with Crippen LogP contribution in [0.5, 0.6) is 5.75 Å². The predicted molar refractivity (Wildman–Crippen MR) is 73.2 cm³/mol. The third kappa shape index (κ3) is 3.55. The van der Waals surface area contributed by atoms with Crippen molar-refractivity contribution >= 4 is 12.4 Å². The van der Waals surface area contributed by atoms with Crippen LogP contribution in [-0.2, 0) is 0 Å². The summed E-state index contributed by atoms with van der Waals surface area (Å²) in [7, 11) is 0. The third-order valence-electron chi connectivity index (χ3n) is 3.39. The highest BCUT2D eigenvalue weighted by Gasteiger charge is 2.25. The van der Waals surface area contributed by atoms with E-state index in [9.17, 15) is 13.9 Å². The summed E-state index contributed by atoms with van der Waals surface area (Å²) < 4.78 is 26.7. The second-order valence-corrected chi connectivity index (χ2v) is 4.62. The van der Waals surface area contributed by atoms with Gasteiger partial charge in [-0.1, -0.05) is 0 Å². The lowest BCUT2D eigenvalue weighted by Crippen LogP contribution is -2.45. The second kappa shape index (κ2) is 7.03. The zero-order valence-corrected chi connectivity index (χ0v) is 11.6. The van der Waals surface area contributed by atoms with Gasteiger partial charge in [0.15, 0.2) is 0 Å². The number of halogens is 3. The number of nitrogens with zero attached hydrogens (tertiary/aromatic N) is 1. The number of alkyl halides is 1. The molecule has 1 aliphatic rings. The van der Waals surface area contributed by atoms with Crippen LogP contribution >= 0.6 is 12.4 Å². The highest BCUT2D eigenvalue weighted by atomic mass is 35.5.